The fraction of sp³-hybridized carbons (Fsp3) is 0.342. The van der Waals surface area contributed by atoms with Crippen LogP contribution in [0.5, 0.6) is 5.75 Å². The molecule has 3 N–H and O–H groups in total. The number of piperidine rings is 1. The molecule has 2 aromatic heterocycles. The number of carbonyl (C=O) groups is 6. The fourth-order valence-corrected chi connectivity index (χ4v) is 8.04. The van der Waals surface area contributed by atoms with Crippen LogP contribution in [0.4, 0.5) is 0 Å². The van der Waals surface area contributed by atoms with Gasteiger partial charge in [0.15, 0.2) is 12.4 Å². The Morgan fingerprint density at radius 1 is 0.926 bits per heavy atom. The first-order valence-electron chi connectivity index (χ1n) is 17.6. The zero-order valence-corrected chi connectivity index (χ0v) is 31.0. The average Bonchev–Trinajstić information content (AvgIpc) is 3.72. The number of hydrogen-bond acceptors (Lipinski definition) is 11. The van der Waals surface area contributed by atoms with Gasteiger partial charge >= 0.3 is 0 Å². The predicted octanol–water partition coefficient (Wildman–Crippen LogP) is 2.95. The van der Waals surface area contributed by atoms with Gasteiger partial charge < -0.3 is 15.4 Å². The zero-order chi connectivity index (χ0) is 38.3. The summed E-state index contributed by atoms with van der Waals surface area (Å²) in [6, 6.07) is 10.9. The molecule has 6 amide bonds. The Morgan fingerprint density at radius 2 is 1.67 bits per heavy atom. The molecule has 15 nitrogen and oxygen atoms in total. The van der Waals surface area contributed by atoms with Crippen LogP contribution in [0.1, 0.15) is 91.2 Å². The molecule has 1 saturated heterocycles. The number of nitrogens with one attached hydrogen (secondary N) is 3. The van der Waals surface area contributed by atoms with Gasteiger partial charge in [0.05, 0.1) is 23.3 Å². The first kappa shape index (κ1) is 36.3. The van der Waals surface area contributed by atoms with E-state index in [-0.39, 0.29) is 55.1 Å². The number of aromatic nitrogens is 3. The Hall–Kier alpha value is -6.03. The monoisotopic (exact) mass is 750 g/mol. The number of amides is 6. The lowest BCUT2D eigenvalue weighted by atomic mass is 9.99. The van der Waals surface area contributed by atoms with Crippen molar-refractivity contribution in [3.8, 4) is 10.8 Å². The van der Waals surface area contributed by atoms with E-state index in [1.54, 1.807) is 11.3 Å². The molecular formula is C38H38N8O7S. The largest absolute Gasteiger partial charge is 0.483 e. The molecule has 278 valence electrons. The second-order valence-corrected chi connectivity index (χ2v) is 14.6. The highest BCUT2D eigenvalue weighted by Crippen LogP contribution is 2.39. The summed E-state index contributed by atoms with van der Waals surface area (Å²) in [7, 11) is 0. The number of thiophene rings is 1. The number of hydrogen-bond donors (Lipinski definition) is 3. The number of aryl methyl sites for hydroxylation is 3. The highest BCUT2D eigenvalue weighted by atomic mass is 32.1. The molecule has 4 aromatic rings. The van der Waals surface area contributed by atoms with Crippen LogP contribution in [0.25, 0.3) is 5.00 Å². The highest BCUT2D eigenvalue weighted by Gasteiger charge is 2.46. The normalized spacial score (nSPS) is 17.6. The smallest absolute Gasteiger partial charge is 0.266 e. The molecule has 0 saturated carbocycles. The van der Waals surface area contributed by atoms with Gasteiger partial charge in [-0.05, 0) is 58.2 Å². The first-order valence-corrected chi connectivity index (χ1v) is 18.4. The Labute approximate surface area is 314 Å². The molecule has 3 aliphatic heterocycles. The van der Waals surface area contributed by atoms with Gasteiger partial charge in [-0.1, -0.05) is 35.9 Å². The maximum Gasteiger partial charge on any atom is 0.266 e. The van der Waals surface area contributed by atoms with Crippen molar-refractivity contribution in [1.82, 2.24) is 35.6 Å². The molecule has 54 heavy (non-hydrogen) atoms. The number of ether oxygens (including phenoxy) is 1. The van der Waals surface area contributed by atoms with Crippen molar-refractivity contribution >= 4 is 52.5 Å². The molecule has 0 bridgehead atoms. The van der Waals surface area contributed by atoms with Crippen molar-refractivity contribution in [1.29, 1.82) is 0 Å². The first-order chi connectivity index (χ1) is 25.9. The molecule has 1 unspecified atom stereocenters. The quantitative estimate of drug-likeness (QED) is 0.153. The molecule has 5 heterocycles. The van der Waals surface area contributed by atoms with E-state index in [9.17, 15) is 28.8 Å². The van der Waals surface area contributed by atoms with Crippen molar-refractivity contribution in [2.45, 2.75) is 65.5 Å². The van der Waals surface area contributed by atoms with Crippen LogP contribution in [0.2, 0.25) is 0 Å². The summed E-state index contributed by atoms with van der Waals surface area (Å²) >= 11 is 1.65. The number of carbonyl (C=O) groups excluding carboxylic acids is 6. The van der Waals surface area contributed by atoms with E-state index in [4.69, 9.17) is 9.73 Å². The molecule has 0 spiro atoms. The van der Waals surface area contributed by atoms with Crippen LogP contribution in [0, 0.1) is 27.7 Å². The summed E-state index contributed by atoms with van der Waals surface area (Å²) in [5.41, 5.74) is 5.04. The molecule has 7 rings (SSSR count). The number of fused-ring (bicyclic) bond motifs is 4. The number of aliphatic imine (C=N–C) groups is 1. The van der Waals surface area contributed by atoms with Crippen LogP contribution < -0.4 is 20.7 Å². The summed E-state index contributed by atoms with van der Waals surface area (Å²) in [6.45, 7) is 8.19. The summed E-state index contributed by atoms with van der Waals surface area (Å²) in [4.78, 5) is 83.4. The van der Waals surface area contributed by atoms with Crippen molar-refractivity contribution in [2.75, 3.05) is 19.7 Å². The minimum Gasteiger partial charge on any atom is -0.483 e. The third-order valence-electron chi connectivity index (χ3n) is 9.73. The van der Waals surface area contributed by atoms with Crippen molar-refractivity contribution < 1.29 is 33.5 Å². The number of benzene rings is 2. The van der Waals surface area contributed by atoms with Gasteiger partial charge in [0.1, 0.15) is 28.7 Å². The number of rotatable bonds is 11. The van der Waals surface area contributed by atoms with Crippen LogP contribution in [0.15, 0.2) is 47.5 Å². The van der Waals surface area contributed by atoms with Gasteiger partial charge in [-0.25, -0.2) is 0 Å². The van der Waals surface area contributed by atoms with E-state index in [0.29, 0.717) is 18.1 Å². The predicted molar refractivity (Wildman–Crippen MR) is 197 cm³/mol. The van der Waals surface area contributed by atoms with Gasteiger partial charge in [0.25, 0.3) is 17.7 Å². The van der Waals surface area contributed by atoms with E-state index in [2.05, 4.69) is 40.0 Å². The number of nitrogens with zero attached hydrogens (tertiary/aromatic N) is 5. The van der Waals surface area contributed by atoms with Crippen LogP contribution in [0.3, 0.4) is 0 Å². The maximum absolute atomic E-state index is 13.3. The standard InChI is InChI=1S/C38H38N8O7S/c1-19-9-11-23(12-10-19)33-31-20(2)21(3)54-38(31)45-22(4)43-44-34(45)25(41-33)17-29(48)39-15-6-16-40-30(49)18-53-27-8-5-7-24-32(27)37(52)46(36(24)51)26-13-14-28(47)42-35(26)50/h5,7-12,25-26H,6,13-18H2,1-4H3,(H,39,48)(H,40,49)(H,42,47,50)/t25-,26?/m0/s1. The minimum atomic E-state index is -1.12. The summed E-state index contributed by atoms with van der Waals surface area (Å²) in [5, 5.41) is 17.6. The molecule has 2 aromatic carbocycles. The Kier molecular flexibility index (Phi) is 9.94. The molecule has 0 radical (unpaired) electrons. The summed E-state index contributed by atoms with van der Waals surface area (Å²) in [6.07, 6.45) is 0.502. The minimum absolute atomic E-state index is 0.00115. The second-order valence-electron chi connectivity index (χ2n) is 13.4. The van der Waals surface area contributed by atoms with E-state index in [0.717, 1.165) is 37.9 Å². The van der Waals surface area contributed by atoms with Crippen LogP contribution in [-0.2, 0) is 19.2 Å². The maximum atomic E-state index is 13.3. The zero-order valence-electron chi connectivity index (χ0n) is 30.1. The van der Waals surface area contributed by atoms with Crippen LogP contribution >= 0.6 is 11.3 Å². The average molecular weight is 751 g/mol. The SMILES string of the molecule is Cc1ccc(C2=N[C@@H](CC(=O)NCCCNC(=O)COc3cccc4c3C(=O)N(C3CCC(=O)NC3=O)C4=O)c3nnc(C)n3-c3sc(C)c(C)c32)cc1. The lowest BCUT2D eigenvalue weighted by molar-refractivity contribution is -0.136. The van der Waals surface area contributed by atoms with Gasteiger partial charge in [-0.3, -0.25) is 48.5 Å². The Balaban J connectivity index is 0.936. The van der Waals surface area contributed by atoms with Crippen molar-refractivity contribution in [2.24, 2.45) is 4.99 Å². The summed E-state index contributed by atoms with van der Waals surface area (Å²) < 4.78 is 7.65. The Bertz CT molecular complexity index is 2260. The van der Waals surface area contributed by atoms with E-state index < -0.39 is 48.2 Å². The third kappa shape index (κ3) is 6.79. The number of imide groups is 2. The molecule has 1 fully saturated rings. The molecule has 3 aliphatic rings. The third-order valence-corrected chi connectivity index (χ3v) is 10.9. The topological polar surface area (TPSA) is 194 Å². The van der Waals surface area contributed by atoms with Gasteiger partial charge in [0.2, 0.25) is 17.7 Å². The highest BCUT2D eigenvalue weighted by molar-refractivity contribution is 7.15. The molecular weight excluding hydrogens is 713 g/mol. The van der Waals surface area contributed by atoms with Gasteiger partial charge in [-0.15, -0.1) is 21.5 Å². The summed E-state index contributed by atoms with van der Waals surface area (Å²) in [5.74, 6) is -1.94. The lowest BCUT2D eigenvalue weighted by Crippen LogP contribution is -2.54. The Morgan fingerprint density at radius 3 is 2.41 bits per heavy atom. The second kappa shape index (κ2) is 14.8. The van der Waals surface area contributed by atoms with Crippen LogP contribution in [-0.4, -0.2) is 86.6 Å². The van der Waals surface area contributed by atoms with E-state index in [1.807, 2.05) is 42.7 Å². The van der Waals surface area contributed by atoms with Gasteiger partial charge in [-0.2, -0.15) is 0 Å². The van der Waals surface area contributed by atoms with E-state index >= 15 is 0 Å². The van der Waals surface area contributed by atoms with Crippen molar-refractivity contribution in [3.63, 3.8) is 0 Å². The van der Waals surface area contributed by atoms with Crippen molar-refractivity contribution in [3.05, 3.63) is 92.4 Å². The van der Waals surface area contributed by atoms with E-state index in [1.165, 1.54) is 23.1 Å². The molecule has 2 atom stereocenters. The molecule has 16 heteroatoms. The van der Waals surface area contributed by atoms with Gasteiger partial charge in [0, 0.05) is 35.5 Å². The fourth-order valence-electron chi connectivity index (χ4n) is 6.83. The lowest BCUT2D eigenvalue weighted by Gasteiger charge is -2.27. The molecule has 0 aliphatic carbocycles.